The number of ether oxygens (including phenoxy) is 1. The van der Waals surface area contributed by atoms with E-state index < -0.39 is 15.6 Å². The normalized spacial score (nSPS) is 24.0. The molecule has 1 aromatic rings. The molecule has 26 heavy (non-hydrogen) atoms. The second kappa shape index (κ2) is 8.51. The highest BCUT2D eigenvalue weighted by molar-refractivity contribution is 7.86. The molecule has 10 heteroatoms. The van der Waals surface area contributed by atoms with Crippen LogP contribution in [-0.4, -0.2) is 24.6 Å². The molecule has 2 atom stereocenters. The number of hydrogen-bond acceptors (Lipinski definition) is 4. The fourth-order valence-corrected chi connectivity index (χ4v) is 2.75. The Kier molecular flexibility index (Phi) is 7.41. The molecule has 0 aliphatic heterocycles. The molecule has 0 saturated heterocycles. The SMILES string of the molecule is CC(C)C1(C)CCCC(Oc2cccc[n+]2F)C1.O=S(=O)([O-])C(F)(F)F. The van der Waals surface area contributed by atoms with Gasteiger partial charge in [0.15, 0.2) is 10.1 Å². The van der Waals surface area contributed by atoms with Crippen LogP contribution in [0, 0.1) is 11.3 Å². The van der Waals surface area contributed by atoms with Crippen LogP contribution in [0.1, 0.15) is 46.5 Å². The predicted molar refractivity (Wildman–Crippen MR) is 84.7 cm³/mol. The van der Waals surface area contributed by atoms with E-state index in [4.69, 9.17) is 17.7 Å². The van der Waals surface area contributed by atoms with Crippen LogP contribution in [0.15, 0.2) is 24.4 Å². The Bertz CT molecular complexity index is 694. The van der Waals surface area contributed by atoms with Gasteiger partial charge in [0.1, 0.15) is 6.10 Å². The highest BCUT2D eigenvalue weighted by Crippen LogP contribution is 2.42. The van der Waals surface area contributed by atoms with Gasteiger partial charge in [-0.2, -0.15) is 13.2 Å². The molecule has 1 aromatic heterocycles. The molecule has 5 nitrogen and oxygen atoms in total. The molecule has 2 rings (SSSR count). The second-order valence-electron chi connectivity index (χ2n) is 6.89. The molecule has 0 spiro atoms. The summed E-state index contributed by atoms with van der Waals surface area (Å²) in [6, 6.07) is 5.14. The lowest BCUT2D eigenvalue weighted by atomic mass is 9.67. The Morgan fingerprint density at radius 3 is 2.38 bits per heavy atom. The fraction of sp³-hybridized carbons (Fsp3) is 0.688. The molecule has 1 saturated carbocycles. The van der Waals surface area contributed by atoms with Crippen LogP contribution < -0.4 is 9.53 Å². The Labute approximate surface area is 150 Å². The third-order valence-corrected chi connectivity index (χ3v) is 5.28. The average Bonchev–Trinajstić information content (AvgIpc) is 2.48. The zero-order valence-electron chi connectivity index (χ0n) is 14.8. The minimum Gasteiger partial charge on any atom is -0.741 e. The lowest BCUT2D eigenvalue weighted by molar-refractivity contribution is -0.846. The van der Waals surface area contributed by atoms with E-state index in [1.54, 1.807) is 18.2 Å². The van der Waals surface area contributed by atoms with E-state index in [1.165, 1.54) is 19.0 Å². The van der Waals surface area contributed by atoms with E-state index in [2.05, 4.69) is 20.8 Å². The Balaban J connectivity index is 0.000000359. The second-order valence-corrected chi connectivity index (χ2v) is 8.27. The number of hydrogen-bond donors (Lipinski definition) is 0. The van der Waals surface area contributed by atoms with Gasteiger partial charge >= 0.3 is 11.4 Å². The first kappa shape index (κ1) is 22.6. The van der Waals surface area contributed by atoms with Gasteiger partial charge in [0, 0.05) is 6.07 Å². The van der Waals surface area contributed by atoms with Gasteiger partial charge in [-0.3, -0.25) is 0 Å². The maximum Gasteiger partial charge on any atom is 0.485 e. The van der Waals surface area contributed by atoms with Crippen LogP contribution >= 0.6 is 0 Å². The maximum absolute atomic E-state index is 13.5. The van der Waals surface area contributed by atoms with E-state index in [1.807, 2.05) is 0 Å². The van der Waals surface area contributed by atoms with Crippen molar-refractivity contribution in [3.63, 3.8) is 0 Å². The Hall–Kier alpha value is -1.42. The van der Waals surface area contributed by atoms with E-state index in [9.17, 15) is 17.7 Å². The Morgan fingerprint density at radius 2 is 1.92 bits per heavy atom. The largest absolute Gasteiger partial charge is 0.741 e. The summed E-state index contributed by atoms with van der Waals surface area (Å²) >= 11 is 0. The predicted octanol–water partition coefficient (Wildman–Crippen LogP) is 3.74. The zero-order chi connectivity index (χ0) is 20.2. The summed E-state index contributed by atoms with van der Waals surface area (Å²) in [5, 5.41) is 0. The standard InChI is InChI=1S/C15H23FNO.CHF3O3S/c1-12(2)15(3)9-6-7-13(11-15)18-14-8-4-5-10-17(14)16;2-1(3,4)8(5,6)7/h4-5,8,10,12-13H,6-7,9,11H2,1-3H3;(H,5,6,7)/q+1;/p-1. The minimum atomic E-state index is -6.09. The molecule has 1 fully saturated rings. The smallest absolute Gasteiger partial charge is 0.485 e. The Morgan fingerprint density at radius 1 is 1.35 bits per heavy atom. The van der Waals surface area contributed by atoms with Crippen LogP contribution in [-0.2, 0) is 10.1 Å². The van der Waals surface area contributed by atoms with Crippen molar-refractivity contribution in [2.24, 2.45) is 11.3 Å². The van der Waals surface area contributed by atoms with Gasteiger partial charge < -0.3 is 9.29 Å². The molecule has 0 aromatic carbocycles. The van der Waals surface area contributed by atoms with Crippen LogP contribution in [0.4, 0.5) is 17.7 Å². The van der Waals surface area contributed by atoms with E-state index in [-0.39, 0.29) is 6.10 Å². The highest BCUT2D eigenvalue weighted by atomic mass is 32.2. The molecule has 1 aliphatic rings. The van der Waals surface area contributed by atoms with Gasteiger partial charge in [-0.1, -0.05) is 20.8 Å². The number of pyridine rings is 1. The first-order valence-electron chi connectivity index (χ1n) is 8.12. The summed E-state index contributed by atoms with van der Waals surface area (Å²) in [6.07, 6.45) is 5.96. The quantitative estimate of drug-likeness (QED) is 0.440. The average molecular weight is 401 g/mol. The summed E-state index contributed by atoms with van der Waals surface area (Å²) in [5.74, 6) is 0.952. The van der Waals surface area contributed by atoms with Crippen LogP contribution in [0.3, 0.4) is 0 Å². The van der Waals surface area contributed by atoms with Crippen LogP contribution in [0.25, 0.3) is 0 Å². The summed E-state index contributed by atoms with van der Waals surface area (Å²) in [4.78, 5) is 0.557. The van der Waals surface area contributed by atoms with Crippen molar-refractivity contribution in [2.45, 2.75) is 58.1 Å². The van der Waals surface area contributed by atoms with Crippen LogP contribution in [0.2, 0.25) is 0 Å². The zero-order valence-corrected chi connectivity index (χ0v) is 15.6. The van der Waals surface area contributed by atoms with Crippen molar-refractivity contribution in [3.05, 3.63) is 24.4 Å². The third-order valence-electron chi connectivity index (χ3n) is 4.71. The molecule has 150 valence electrons. The maximum atomic E-state index is 13.5. The summed E-state index contributed by atoms with van der Waals surface area (Å²) in [5.41, 5.74) is -5.33. The number of halogens is 4. The monoisotopic (exact) mass is 401 g/mol. The molecule has 2 unspecified atom stereocenters. The molecule has 0 bridgehead atoms. The molecule has 0 radical (unpaired) electrons. The molecule has 1 aliphatic carbocycles. The number of nitrogens with zero attached hydrogens (tertiary/aromatic N) is 1. The topological polar surface area (TPSA) is 70.3 Å². The first-order valence-corrected chi connectivity index (χ1v) is 9.53. The molecule has 1 heterocycles. The van der Waals surface area contributed by atoms with Crippen molar-refractivity contribution < 1.29 is 40.1 Å². The van der Waals surface area contributed by atoms with Gasteiger partial charge in [0.05, 0.1) is 15.3 Å². The lowest BCUT2D eigenvalue weighted by Gasteiger charge is -2.40. The van der Waals surface area contributed by atoms with E-state index >= 15 is 0 Å². The summed E-state index contributed by atoms with van der Waals surface area (Å²) in [7, 11) is -6.09. The number of alkyl halides is 3. The van der Waals surface area contributed by atoms with E-state index in [0.717, 1.165) is 12.8 Å². The van der Waals surface area contributed by atoms with Crippen molar-refractivity contribution in [1.29, 1.82) is 0 Å². The van der Waals surface area contributed by atoms with Crippen LogP contribution in [0.5, 0.6) is 5.88 Å². The first-order chi connectivity index (χ1) is 11.8. The van der Waals surface area contributed by atoms with E-state index in [0.29, 0.717) is 22.0 Å². The number of aromatic nitrogens is 1. The van der Waals surface area contributed by atoms with Gasteiger partial charge in [-0.25, -0.2) is 8.42 Å². The minimum absolute atomic E-state index is 0.135. The lowest BCUT2D eigenvalue weighted by Crippen LogP contribution is -2.38. The van der Waals surface area contributed by atoms with Crippen molar-refractivity contribution >= 4 is 10.1 Å². The molecule has 0 amide bonds. The van der Waals surface area contributed by atoms with Gasteiger partial charge in [-0.15, -0.1) is 0 Å². The van der Waals surface area contributed by atoms with Crippen molar-refractivity contribution in [1.82, 2.24) is 0 Å². The van der Waals surface area contributed by atoms with Gasteiger partial charge in [0.2, 0.25) is 6.20 Å². The summed E-state index contributed by atoms with van der Waals surface area (Å²) < 4.78 is 78.2. The molecular formula is C16H23F4NO4S. The molecular weight excluding hydrogens is 378 g/mol. The van der Waals surface area contributed by atoms with Crippen molar-refractivity contribution in [2.75, 3.05) is 0 Å². The molecule has 0 N–H and O–H groups in total. The van der Waals surface area contributed by atoms with Crippen molar-refractivity contribution in [3.8, 4) is 5.88 Å². The highest BCUT2D eigenvalue weighted by Gasteiger charge is 2.37. The van der Waals surface area contributed by atoms with Gasteiger partial charge in [-0.05, 0) is 43.1 Å². The number of rotatable bonds is 3. The summed E-state index contributed by atoms with van der Waals surface area (Å²) in [6.45, 7) is 6.85. The van der Waals surface area contributed by atoms with Gasteiger partial charge in [0.25, 0.3) is 0 Å². The fourth-order valence-electron chi connectivity index (χ4n) is 2.75. The third kappa shape index (κ3) is 6.39.